The van der Waals surface area contributed by atoms with Crippen molar-refractivity contribution in [2.24, 2.45) is 5.92 Å². The van der Waals surface area contributed by atoms with E-state index in [0.29, 0.717) is 24.6 Å². The van der Waals surface area contributed by atoms with E-state index in [4.69, 9.17) is 10.00 Å². The van der Waals surface area contributed by atoms with Gasteiger partial charge in [-0.15, -0.1) is 12.4 Å². The fourth-order valence-corrected chi connectivity index (χ4v) is 4.48. The fraction of sp³-hybridized carbons (Fsp3) is 0.533. The van der Waals surface area contributed by atoms with E-state index in [9.17, 15) is 8.42 Å². The lowest BCUT2D eigenvalue weighted by Gasteiger charge is -2.32. The first-order valence-electron chi connectivity index (χ1n) is 7.25. The third-order valence-corrected chi connectivity index (χ3v) is 5.79. The lowest BCUT2D eigenvalue weighted by molar-refractivity contribution is 0.262. The van der Waals surface area contributed by atoms with Gasteiger partial charge in [-0.25, -0.2) is 8.42 Å². The number of sulfonamides is 1. The molecule has 0 amide bonds. The van der Waals surface area contributed by atoms with E-state index < -0.39 is 10.0 Å². The second-order valence-electron chi connectivity index (χ2n) is 5.41. The molecule has 0 aromatic heterocycles. The summed E-state index contributed by atoms with van der Waals surface area (Å²) in [5.41, 5.74) is 0.377. The molecule has 1 unspecified atom stereocenters. The topological polar surface area (TPSA) is 82.4 Å². The van der Waals surface area contributed by atoms with Gasteiger partial charge in [0.2, 0.25) is 10.0 Å². The molecule has 1 fully saturated rings. The quantitative estimate of drug-likeness (QED) is 0.863. The van der Waals surface area contributed by atoms with Crippen LogP contribution in [0.3, 0.4) is 0 Å². The molecule has 1 aliphatic rings. The Morgan fingerprint density at radius 1 is 1.48 bits per heavy atom. The third-order valence-electron chi connectivity index (χ3n) is 3.89. The Bertz CT molecular complexity index is 671. The highest BCUT2D eigenvalue weighted by Gasteiger charge is 2.32. The largest absolute Gasteiger partial charge is 0.495 e. The molecule has 0 spiro atoms. The number of nitrogens with zero attached hydrogens (tertiary/aromatic N) is 2. The normalized spacial score (nSPS) is 18.7. The first-order valence-corrected chi connectivity index (χ1v) is 8.69. The minimum Gasteiger partial charge on any atom is -0.495 e. The predicted molar refractivity (Wildman–Crippen MR) is 90.4 cm³/mol. The molecule has 6 nitrogen and oxygen atoms in total. The van der Waals surface area contributed by atoms with Gasteiger partial charge in [-0.05, 0) is 50.6 Å². The van der Waals surface area contributed by atoms with E-state index in [1.165, 1.54) is 29.6 Å². The number of hydrogen-bond acceptors (Lipinski definition) is 5. The molecule has 1 aliphatic heterocycles. The van der Waals surface area contributed by atoms with E-state index in [1.807, 2.05) is 13.1 Å². The van der Waals surface area contributed by atoms with Gasteiger partial charge in [-0.3, -0.25) is 0 Å². The number of hydrogen-bond donors (Lipinski definition) is 1. The average molecular weight is 360 g/mol. The Kier molecular flexibility index (Phi) is 7.29. The van der Waals surface area contributed by atoms with Crippen LogP contribution in [0.1, 0.15) is 18.4 Å². The van der Waals surface area contributed by atoms with Crippen molar-refractivity contribution in [2.75, 3.05) is 33.8 Å². The summed E-state index contributed by atoms with van der Waals surface area (Å²) in [7, 11) is -0.326. The van der Waals surface area contributed by atoms with Gasteiger partial charge in [0.15, 0.2) is 0 Å². The Balaban J connectivity index is 0.00000264. The first kappa shape index (κ1) is 19.7. The summed E-state index contributed by atoms with van der Waals surface area (Å²) in [5, 5.41) is 12.0. The Labute approximate surface area is 143 Å². The molecule has 128 valence electrons. The Morgan fingerprint density at radius 3 is 2.83 bits per heavy atom. The van der Waals surface area contributed by atoms with Crippen LogP contribution in [0.2, 0.25) is 0 Å². The third kappa shape index (κ3) is 4.36. The minimum absolute atomic E-state index is 0. The number of rotatable bonds is 5. The highest BCUT2D eigenvalue weighted by Crippen LogP contribution is 2.30. The maximum atomic E-state index is 12.9. The highest BCUT2D eigenvalue weighted by molar-refractivity contribution is 7.89. The van der Waals surface area contributed by atoms with Crippen LogP contribution in [-0.4, -0.2) is 46.5 Å². The SMILES string of the molecule is CNCC1CCCN(S(=O)(=O)c2ccc(C#N)cc2OC)C1.Cl. The molecule has 0 aliphatic carbocycles. The molecule has 2 rings (SSSR count). The van der Waals surface area contributed by atoms with Gasteiger partial charge in [-0.1, -0.05) is 0 Å². The lowest BCUT2D eigenvalue weighted by atomic mass is 10.00. The number of nitrogens with one attached hydrogen (secondary N) is 1. The van der Waals surface area contributed by atoms with Gasteiger partial charge in [0.1, 0.15) is 10.6 Å². The Morgan fingerprint density at radius 2 is 2.22 bits per heavy atom. The van der Waals surface area contributed by atoms with E-state index in [1.54, 1.807) is 0 Å². The van der Waals surface area contributed by atoms with Gasteiger partial charge >= 0.3 is 0 Å². The molecule has 1 aromatic carbocycles. The molecule has 23 heavy (non-hydrogen) atoms. The molecule has 8 heteroatoms. The summed E-state index contributed by atoms with van der Waals surface area (Å²) in [4.78, 5) is 0.124. The molecular formula is C15H22ClN3O3S. The van der Waals surface area contributed by atoms with Crippen LogP contribution in [0.15, 0.2) is 23.1 Å². The molecule has 0 bridgehead atoms. The molecule has 1 N–H and O–H groups in total. The van der Waals surface area contributed by atoms with Crippen LogP contribution in [0.5, 0.6) is 5.75 Å². The number of methoxy groups -OCH3 is 1. The monoisotopic (exact) mass is 359 g/mol. The summed E-state index contributed by atoms with van der Waals surface area (Å²) < 4.78 is 32.4. The smallest absolute Gasteiger partial charge is 0.246 e. The van der Waals surface area contributed by atoms with Crippen molar-refractivity contribution in [3.63, 3.8) is 0 Å². The van der Waals surface area contributed by atoms with Crippen LogP contribution in [0.4, 0.5) is 0 Å². The molecule has 1 atom stereocenters. The summed E-state index contributed by atoms with van der Waals surface area (Å²) in [6, 6.07) is 6.40. The van der Waals surface area contributed by atoms with E-state index in [-0.39, 0.29) is 23.1 Å². The van der Waals surface area contributed by atoms with Gasteiger partial charge < -0.3 is 10.1 Å². The van der Waals surface area contributed by atoms with Gasteiger partial charge in [-0.2, -0.15) is 9.57 Å². The van der Waals surface area contributed by atoms with E-state index in [2.05, 4.69) is 5.32 Å². The van der Waals surface area contributed by atoms with Crippen molar-refractivity contribution in [3.8, 4) is 11.8 Å². The van der Waals surface area contributed by atoms with E-state index >= 15 is 0 Å². The zero-order chi connectivity index (χ0) is 16.2. The van der Waals surface area contributed by atoms with Crippen molar-refractivity contribution in [2.45, 2.75) is 17.7 Å². The van der Waals surface area contributed by atoms with Crippen molar-refractivity contribution in [1.82, 2.24) is 9.62 Å². The number of nitriles is 1. The Hall–Kier alpha value is -1.33. The van der Waals surface area contributed by atoms with Crippen LogP contribution >= 0.6 is 12.4 Å². The van der Waals surface area contributed by atoms with Crippen LogP contribution < -0.4 is 10.1 Å². The molecule has 0 radical (unpaired) electrons. The maximum Gasteiger partial charge on any atom is 0.246 e. The fourth-order valence-electron chi connectivity index (χ4n) is 2.79. The van der Waals surface area contributed by atoms with Crippen molar-refractivity contribution < 1.29 is 13.2 Å². The molecule has 1 heterocycles. The number of halogens is 1. The van der Waals surface area contributed by atoms with Gasteiger partial charge in [0.05, 0.1) is 18.7 Å². The van der Waals surface area contributed by atoms with E-state index in [0.717, 1.165) is 19.4 Å². The zero-order valence-electron chi connectivity index (χ0n) is 13.3. The van der Waals surface area contributed by atoms with Crippen LogP contribution in [0.25, 0.3) is 0 Å². The standard InChI is InChI=1S/C15H21N3O3S.ClH/c1-17-10-13-4-3-7-18(11-13)22(19,20)15-6-5-12(9-16)8-14(15)21-2;/h5-6,8,13,17H,3-4,7,10-11H2,1-2H3;1H. The lowest BCUT2D eigenvalue weighted by Crippen LogP contribution is -2.42. The number of benzene rings is 1. The highest BCUT2D eigenvalue weighted by atomic mass is 35.5. The summed E-state index contributed by atoms with van der Waals surface area (Å²) >= 11 is 0. The van der Waals surface area contributed by atoms with Crippen molar-refractivity contribution in [1.29, 1.82) is 5.26 Å². The van der Waals surface area contributed by atoms with Crippen LogP contribution in [-0.2, 0) is 10.0 Å². The van der Waals surface area contributed by atoms with Crippen molar-refractivity contribution >= 4 is 22.4 Å². The zero-order valence-corrected chi connectivity index (χ0v) is 14.9. The second-order valence-corrected chi connectivity index (χ2v) is 7.31. The predicted octanol–water partition coefficient (Wildman–Crippen LogP) is 1.61. The van der Waals surface area contributed by atoms with Crippen LogP contribution in [0, 0.1) is 17.2 Å². The summed E-state index contributed by atoms with van der Waals surface area (Å²) in [5.74, 6) is 0.535. The summed E-state index contributed by atoms with van der Waals surface area (Å²) in [6.07, 6.45) is 1.88. The molecular weight excluding hydrogens is 338 g/mol. The maximum absolute atomic E-state index is 12.9. The number of ether oxygens (including phenoxy) is 1. The van der Waals surface area contributed by atoms with Gasteiger partial charge in [0, 0.05) is 13.1 Å². The molecule has 0 saturated carbocycles. The number of piperidine rings is 1. The molecule has 1 aromatic rings. The van der Waals surface area contributed by atoms with Gasteiger partial charge in [0.25, 0.3) is 0 Å². The average Bonchev–Trinajstić information content (AvgIpc) is 2.54. The second kappa shape index (κ2) is 8.50. The summed E-state index contributed by atoms with van der Waals surface area (Å²) in [6.45, 7) is 1.83. The first-order chi connectivity index (χ1) is 10.5. The molecule has 1 saturated heterocycles. The van der Waals surface area contributed by atoms with Crippen molar-refractivity contribution in [3.05, 3.63) is 23.8 Å². The minimum atomic E-state index is -3.61.